The molecule has 1 fully saturated rings. The monoisotopic (exact) mass is 236 g/mol. The van der Waals surface area contributed by atoms with E-state index in [0.717, 1.165) is 30.4 Å². The molecular formula is C13H16O2S. The first-order chi connectivity index (χ1) is 7.60. The van der Waals surface area contributed by atoms with Gasteiger partial charge in [-0.05, 0) is 49.3 Å². The zero-order valence-electron chi connectivity index (χ0n) is 9.62. The molecule has 0 radical (unpaired) electrons. The Morgan fingerprint density at radius 1 is 1.44 bits per heavy atom. The Hall–Kier alpha value is -0.960. The van der Waals surface area contributed by atoms with Gasteiger partial charge in [-0.2, -0.15) is 0 Å². The lowest BCUT2D eigenvalue weighted by molar-refractivity contribution is -0.147. The Morgan fingerprint density at radius 2 is 2.12 bits per heavy atom. The maximum atomic E-state index is 11.4. The third-order valence-electron chi connectivity index (χ3n) is 3.57. The second kappa shape index (κ2) is 4.13. The van der Waals surface area contributed by atoms with Crippen molar-refractivity contribution < 1.29 is 9.90 Å². The van der Waals surface area contributed by atoms with Crippen LogP contribution in [0.4, 0.5) is 0 Å². The maximum absolute atomic E-state index is 11.4. The predicted octanol–water partition coefficient (Wildman–Crippen LogP) is 3.22. The molecule has 0 unspecified atom stereocenters. The highest BCUT2D eigenvalue weighted by Gasteiger charge is 2.46. The molecule has 3 heteroatoms. The minimum Gasteiger partial charge on any atom is -0.481 e. The van der Waals surface area contributed by atoms with Gasteiger partial charge in [0.15, 0.2) is 0 Å². The summed E-state index contributed by atoms with van der Waals surface area (Å²) in [6.45, 7) is 2.01. The van der Waals surface area contributed by atoms with Crippen LogP contribution in [0.15, 0.2) is 23.1 Å². The number of hydrogen-bond acceptors (Lipinski definition) is 2. The number of rotatable bonds is 3. The van der Waals surface area contributed by atoms with E-state index >= 15 is 0 Å². The number of carboxylic acid groups (broad SMARTS) is 1. The number of carbonyl (C=O) groups is 1. The molecule has 1 saturated carbocycles. The number of hydrogen-bond donors (Lipinski definition) is 1. The van der Waals surface area contributed by atoms with Crippen molar-refractivity contribution in [1.82, 2.24) is 0 Å². The summed E-state index contributed by atoms with van der Waals surface area (Å²) in [4.78, 5) is 12.6. The number of aryl methyl sites for hydroxylation is 1. The van der Waals surface area contributed by atoms with Crippen LogP contribution in [-0.4, -0.2) is 17.3 Å². The fraction of sp³-hybridized carbons (Fsp3) is 0.462. The summed E-state index contributed by atoms with van der Waals surface area (Å²) in [7, 11) is 0. The Kier molecular flexibility index (Phi) is 2.98. The van der Waals surface area contributed by atoms with Crippen molar-refractivity contribution in [2.75, 3.05) is 6.26 Å². The first-order valence-electron chi connectivity index (χ1n) is 5.49. The van der Waals surface area contributed by atoms with Crippen molar-refractivity contribution in [3.63, 3.8) is 0 Å². The molecule has 2 rings (SSSR count). The van der Waals surface area contributed by atoms with Crippen LogP contribution in [0.3, 0.4) is 0 Å². The quantitative estimate of drug-likeness (QED) is 0.819. The van der Waals surface area contributed by atoms with Crippen LogP contribution in [-0.2, 0) is 10.2 Å². The van der Waals surface area contributed by atoms with Crippen LogP contribution in [0.25, 0.3) is 0 Å². The van der Waals surface area contributed by atoms with Gasteiger partial charge in [-0.3, -0.25) is 4.79 Å². The minimum atomic E-state index is -0.668. The van der Waals surface area contributed by atoms with Gasteiger partial charge in [0.25, 0.3) is 0 Å². The van der Waals surface area contributed by atoms with E-state index < -0.39 is 11.4 Å². The molecule has 86 valence electrons. The van der Waals surface area contributed by atoms with Crippen LogP contribution >= 0.6 is 11.8 Å². The minimum absolute atomic E-state index is 0.596. The van der Waals surface area contributed by atoms with Gasteiger partial charge in [-0.25, -0.2) is 0 Å². The molecule has 0 spiro atoms. The van der Waals surface area contributed by atoms with Gasteiger partial charge < -0.3 is 5.11 Å². The van der Waals surface area contributed by atoms with Gasteiger partial charge in [0.05, 0.1) is 5.41 Å². The maximum Gasteiger partial charge on any atom is 0.314 e. The lowest BCUT2D eigenvalue weighted by atomic mass is 9.63. The zero-order chi connectivity index (χ0) is 11.8. The molecule has 16 heavy (non-hydrogen) atoms. The molecule has 0 bridgehead atoms. The molecule has 0 atom stereocenters. The average Bonchev–Trinajstić information content (AvgIpc) is 2.18. The predicted molar refractivity (Wildman–Crippen MR) is 66.1 cm³/mol. The summed E-state index contributed by atoms with van der Waals surface area (Å²) in [6, 6.07) is 6.10. The Morgan fingerprint density at radius 3 is 2.50 bits per heavy atom. The SMILES string of the molecule is CSc1ccc(C2(C(=O)O)CCC2)c(C)c1. The molecule has 1 aliphatic rings. The first-order valence-corrected chi connectivity index (χ1v) is 6.71. The van der Waals surface area contributed by atoms with Gasteiger partial charge >= 0.3 is 5.97 Å². The number of carboxylic acids is 1. The third-order valence-corrected chi connectivity index (χ3v) is 4.29. The lowest BCUT2D eigenvalue weighted by Gasteiger charge is -2.39. The topological polar surface area (TPSA) is 37.3 Å². The second-order valence-corrected chi connectivity index (χ2v) is 5.30. The fourth-order valence-electron chi connectivity index (χ4n) is 2.43. The molecule has 0 aliphatic heterocycles. The highest BCUT2D eigenvalue weighted by molar-refractivity contribution is 7.98. The van der Waals surface area contributed by atoms with Gasteiger partial charge in [-0.1, -0.05) is 12.5 Å². The molecule has 0 aromatic heterocycles. The summed E-state index contributed by atoms with van der Waals surface area (Å²) in [5.41, 5.74) is 1.51. The van der Waals surface area contributed by atoms with E-state index in [1.807, 2.05) is 25.3 Å². The number of thioether (sulfide) groups is 1. The molecule has 1 aromatic carbocycles. The van der Waals surface area contributed by atoms with Crippen molar-refractivity contribution in [1.29, 1.82) is 0 Å². The summed E-state index contributed by atoms with van der Waals surface area (Å²) in [5, 5.41) is 9.38. The van der Waals surface area contributed by atoms with Crippen molar-refractivity contribution in [2.45, 2.75) is 36.5 Å². The largest absolute Gasteiger partial charge is 0.481 e. The Labute approximate surface area is 100 Å². The van der Waals surface area contributed by atoms with Gasteiger partial charge in [0, 0.05) is 4.90 Å². The van der Waals surface area contributed by atoms with Crippen molar-refractivity contribution in [3.8, 4) is 0 Å². The van der Waals surface area contributed by atoms with Crippen LogP contribution in [0, 0.1) is 6.92 Å². The van der Waals surface area contributed by atoms with E-state index in [4.69, 9.17) is 0 Å². The molecule has 2 nitrogen and oxygen atoms in total. The van der Waals surface area contributed by atoms with E-state index in [1.165, 1.54) is 4.90 Å². The van der Waals surface area contributed by atoms with Crippen molar-refractivity contribution in [3.05, 3.63) is 29.3 Å². The van der Waals surface area contributed by atoms with E-state index in [0.29, 0.717) is 0 Å². The van der Waals surface area contributed by atoms with Crippen molar-refractivity contribution >= 4 is 17.7 Å². The first kappa shape index (κ1) is 11.5. The highest BCUT2D eigenvalue weighted by Crippen LogP contribution is 2.45. The summed E-state index contributed by atoms with van der Waals surface area (Å²) >= 11 is 1.69. The molecule has 0 heterocycles. The molecule has 0 amide bonds. The van der Waals surface area contributed by atoms with E-state index in [-0.39, 0.29) is 0 Å². The summed E-state index contributed by atoms with van der Waals surface area (Å²) in [5.74, 6) is -0.668. The normalized spacial score (nSPS) is 17.9. The molecule has 1 aromatic rings. The Bertz CT molecular complexity index is 422. The van der Waals surface area contributed by atoms with Crippen LogP contribution in [0.2, 0.25) is 0 Å². The molecule has 1 aliphatic carbocycles. The smallest absolute Gasteiger partial charge is 0.314 e. The molecular weight excluding hydrogens is 220 g/mol. The van der Waals surface area contributed by atoms with E-state index in [9.17, 15) is 9.90 Å². The summed E-state index contributed by atoms with van der Waals surface area (Å²) in [6.07, 6.45) is 4.62. The standard InChI is InChI=1S/C13H16O2S/c1-9-8-10(16-2)4-5-11(9)13(12(14)15)6-3-7-13/h4-5,8H,3,6-7H2,1-2H3,(H,14,15). The number of benzene rings is 1. The molecule has 1 N–H and O–H groups in total. The molecule has 0 saturated heterocycles. The van der Waals surface area contributed by atoms with Crippen molar-refractivity contribution in [2.24, 2.45) is 0 Å². The fourth-order valence-corrected chi connectivity index (χ4v) is 2.93. The van der Waals surface area contributed by atoms with E-state index in [2.05, 4.69) is 6.07 Å². The van der Waals surface area contributed by atoms with Gasteiger partial charge in [0.2, 0.25) is 0 Å². The zero-order valence-corrected chi connectivity index (χ0v) is 10.4. The number of aliphatic carboxylic acids is 1. The third kappa shape index (κ3) is 1.63. The lowest BCUT2D eigenvalue weighted by Crippen LogP contribution is -2.42. The highest BCUT2D eigenvalue weighted by atomic mass is 32.2. The van der Waals surface area contributed by atoms with Crippen LogP contribution < -0.4 is 0 Å². The average molecular weight is 236 g/mol. The second-order valence-electron chi connectivity index (χ2n) is 4.42. The Balaban J connectivity index is 2.43. The van der Waals surface area contributed by atoms with E-state index in [1.54, 1.807) is 11.8 Å². The summed E-state index contributed by atoms with van der Waals surface area (Å²) < 4.78 is 0. The van der Waals surface area contributed by atoms with Gasteiger partial charge in [-0.15, -0.1) is 11.8 Å². The van der Waals surface area contributed by atoms with Crippen LogP contribution in [0.5, 0.6) is 0 Å². The van der Waals surface area contributed by atoms with Gasteiger partial charge in [0.1, 0.15) is 0 Å². The van der Waals surface area contributed by atoms with Crippen LogP contribution in [0.1, 0.15) is 30.4 Å².